The zero-order valence-electron chi connectivity index (χ0n) is 22.3. The predicted molar refractivity (Wildman–Crippen MR) is 154 cm³/mol. The molecule has 0 fully saturated rings. The van der Waals surface area contributed by atoms with E-state index in [1.807, 2.05) is 48.5 Å². The van der Waals surface area contributed by atoms with Crippen molar-refractivity contribution in [1.82, 2.24) is 0 Å². The fraction of sp³-hybridized carbons (Fsp3) is 0.273. The van der Waals surface area contributed by atoms with Gasteiger partial charge in [0, 0.05) is 5.04 Å². The van der Waals surface area contributed by atoms with Crippen molar-refractivity contribution in [2.24, 2.45) is 0 Å². The summed E-state index contributed by atoms with van der Waals surface area (Å²) in [6.45, 7) is 9.80. The van der Waals surface area contributed by atoms with E-state index >= 15 is 0 Å². The van der Waals surface area contributed by atoms with Crippen LogP contribution in [0.25, 0.3) is 0 Å². The fourth-order valence-corrected chi connectivity index (χ4v) is 8.33. The van der Waals surface area contributed by atoms with Crippen LogP contribution in [-0.2, 0) is 26.8 Å². The number of hydrogen-bond donors (Lipinski definition) is 0. The summed E-state index contributed by atoms with van der Waals surface area (Å²) in [6.07, 6.45) is -0.493. The van der Waals surface area contributed by atoms with Gasteiger partial charge in [0.1, 0.15) is 6.10 Å². The Hall–Kier alpha value is -3.02. The molecule has 0 aliphatic heterocycles. The molecule has 1 unspecified atom stereocenters. The third kappa shape index (κ3) is 6.85. The molecule has 0 aromatic heterocycles. The SMILES string of the molecule is C[C@H](O[Si](OCc1ccccc1)(c1ccccc1)C(C)(C)C)[C@H](OCc1ccccc1)c1ccccc1. The molecule has 4 aromatic rings. The zero-order valence-corrected chi connectivity index (χ0v) is 23.3. The largest absolute Gasteiger partial charge is 0.386 e. The van der Waals surface area contributed by atoms with Crippen LogP contribution in [0.15, 0.2) is 121 Å². The van der Waals surface area contributed by atoms with Crippen LogP contribution >= 0.6 is 0 Å². The van der Waals surface area contributed by atoms with Gasteiger partial charge in [-0.25, -0.2) is 0 Å². The van der Waals surface area contributed by atoms with E-state index in [1.165, 1.54) is 0 Å². The van der Waals surface area contributed by atoms with Crippen LogP contribution in [0.2, 0.25) is 5.04 Å². The molecule has 0 aliphatic rings. The number of ether oxygens (including phenoxy) is 1. The van der Waals surface area contributed by atoms with Gasteiger partial charge in [-0.05, 0) is 28.8 Å². The molecular formula is C33H38O3Si. The van der Waals surface area contributed by atoms with Gasteiger partial charge in [-0.2, -0.15) is 0 Å². The summed E-state index contributed by atoms with van der Waals surface area (Å²) in [5, 5.41) is 0.887. The Morgan fingerprint density at radius 3 is 1.59 bits per heavy atom. The van der Waals surface area contributed by atoms with Gasteiger partial charge in [0.15, 0.2) is 0 Å². The second kappa shape index (κ2) is 12.5. The maximum Gasteiger partial charge on any atom is 0.378 e. The maximum absolute atomic E-state index is 7.21. The lowest BCUT2D eigenvalue weighted by molar-refractivity contribution is -0.0454. The maximum atomic E-state index is 7.21. The molecular weight excluding hydrogens is 472 g/mol. The molecule has 0 aliphatic carbocycles. The molecule has 0 heterocycles. The third-order valence-electron chi connectivity index (χ3n) is 6.60. The van der Waals surface area contributed by atoms with Gasteiger partial charge in [-0.3, -0.25) is 0 Å². The van der Waals surface area contributed by atoms with E-state index in [-0.39, 0.29) is 17.2 Å². The summed E-state index contributed by atoms with van der Waals surface area (Å²) >= 11 is 0. The lowest BCUT2D eigenvalue weighted by Crippen LogP contribution is -2.62. The van der Waals surface area contributed by atoms with Gasteiger partial charge in [0.2, 0.25) is 0 Å². The second-order valence-electron chi connectivity index (χ2n) is 10.5. The average Bonchev–Trinajstić information content (AvgIpc) is 2.93. The Kier molecular flexibility index (Phi) is 9.12. The van der Waals surface area contributed by atoms with Gasteiger partial charge < -0.3 is 13.6 Å². The van der Waals surface area contributed by atoms with Crippen LogP contribution in [0.1, 0.15) is 50.5 Å². The highest BCUT2D eigenvalue weighted by Crippen LogP contribution is 2.41. The smallest absolute Gasteiger partial charge is 0.378 e. The first kappa shape index (κ1) is 27.0. The monoisotopic (exact) mass is 510 g/mol. The molecule has 0 radical (unpaired) electrons. The van der Waals surface area contributed by atoms with Gasteiger partial charge >= 0.3 is 8.56 Å². The minimum atomic E-state index is -3.00. The van der Waals surface area contributed by atoms with Gasteiger partial charge in [-0.15, -0.1) is 0 Å². The summed E-state index contributed by atoms with van der Waals surface area (Å²) in [7, 11) is -3.00. The third-order valence-corrected chi connectivity index (χ3v) is 10.9. The van der Waals surface area contributed by atoms with Crippen molar-refractivity contribution in [3.63, 3.8) is 0 Å². The van der Waals surface area contributed by atoms with E-state index in [9.17, 15) is 0 Å². The average molecular weight is 511 g/mol. The molecule has 0 bridgehead atoms. The second-order valence-corrected chi connectivity index (χ2v) is 14.3. The molecule has 4 rings (SSSR count). The van der Waals surface area contributed by atoms with Gasteiger partial charge in [-0.1, -0.05) is 142 Å². The van der Waals surface area contributed by atoms with Crippen molar-refractivity contribution in [2.75, 3.05) is 0 Å². The molecule has 0 N–H and O–H groups in total. The normalized spacial score (nSPS) is 15.0. The number of benzene rings is 4. The Bertz CT molecular complexity index is 1190. The summed E-state index contributed by atoms with van der Waals surface area (Å²) < 4.78 is 20.7. The van der Waals surface area contributed by atoms with Crippen molar-refractivity contribution in [3.05, 3.63) is 138 Å². The molecule has 0 saturated carbocycles. The molecule has 3 atom stereocenters. The molecule has 0 spiro atoms. The van der Waals surface area contributed by atoms with Crippen molar-refractivity contribution in [2.45, 2.75) is 58.2 Å². The highest BCUT2D eigenvalue weighted by molar-refractivity contribution is 6.83. The molecule has 0 amide bonds. The van der Waals surface area contributed by atoms with Gasteiger partial charge in [0.05, 0.1) is 19.3 Å². The van der Waals surface area contributed by atoms with Crippen LogP contribution in [0.4, 0.5) is 0 Å². The highest BCUT2D eigenvalue weighted by atomic mass is 28.4. The first-order valence-electron chi connectivity index (χ1n) is 13.0. The molecule has 192 valence electrons. The Morgan fingerprint density at radius 2 is 1.08 bits per heavy atom. The molecule has 0 saturated heterocycles. The van der Waals surface area contributed by atoms with E-state index in [0.29, 0.717) is 13.2 Å². The first-order valence-corrected chi connectivity index (χ1v) is 14.8. The molecule has 4 heteroatoms. The lowest BCUT2D eigenvalue weighted by atomic mass is 10.1. The number of rotatable bonds is 11. The summed E-state index contributed by atoms with van der Waals surface area (Å²) in [6, 6.07) is 41.5. The lowest BCUT2D eigenvalue weighted by Gasteiger charge is -2.44. The molecule has 3 nitrogen and oxygen atoms in total. The number of hydrogen-bond acceptors (Lipinski definition) is 3. The quantitative estimate of drug-likeness (QED) is 0.193. The van der Waals surface area contributed by atoms with E-state index in [0.717, 1.165) is 21.9 Å². The summed E-state index contributed by atoms with van der Waals surface area (Å²) in [4.78, 5) is 0. The van der Waals surface area contributed by atoms with Crippen molar-refractivity contribution >= 4 is 13.7 Å². The van der Waals surface area contributed by atoms with E-state index in [1.54, 1.807) is 0 Å². The first-order chi connectivity index (χ1) is 17.9. The fourth-order valence-electron chi connectivity index (χ4n) is 4.66. The summed E-state index contributed by atoms with van der Waals surface area (Å²) in [5.74, 6) is 0. The Labute approximate surface area is 223 Å². The van der Waals surface area contributed by atoms with Gasteiger partial charge in [0.25, 0.3) is 0 Å². The Balaban J connectivity index is 1.68. The molecule has 37 heavy (non-hydrogen) atoms. The summed E-state index contributed by atoms with van der Waals surface area (Å²) in [5.41, 5.74) is 3.37. The van der Waals surface area contributed by atoms with Crippen LogP contribution < -0.4 is 5.19 Å². The van der Waals surface area contributed by atoms with Crippen LogP contribution in [0, 0.1) is 0 Å². The minimum absolute atomic E-state index is 0.238. The minimum Gasteiger partial charge on any atom is -0.386 e. The van der Waals surface area contributed by atoms with E-state index in [2.05, 4.69) is 100 Å². The van der Waals surface area contributed by atoms with Crippen LogP contribution in [-0.4, -0.2) is 14.7 Å². The van der Waals surface area contributed by atoms with Crippen molar-refractivity contribution in [3.8, 4) is 0 Å². The standard InChI is InChI=1S/C33H38O3Si/c1-27(32(30-21-13-7-14-22-30)34-25-28-17-9-5-10-18-28)36-37(33(2,3)4,31-23-15-8-16-24-31)35-26-29-19-11-6-12-20-29/h5-24,27,32H,25-26H2,1-4H3/t27-,32-,37?/m0/s1. The highest BCUT2D eigenvalue weighted by Gasteiger charge is 2.53. The Morgan fingerprint density at radius 1 is 0.622 bits per heavy atom. The molecule has 4 aromatic carbocycles. The van der Waals surface area contributed by atoms with Crippen molar-refractivity contribution < 1.29 is 13.6 Å². The topological polar surface area (TPSA) is 27.7 Å². The van der Waals surface area contributed by atoms with E-state index < -0.39 is 8.56 Å². The zero-order chi connectivity index (χ0) is 26.1. The predicted octanol–water partition coefficient (Wildman–Crippen LogP) is 7.72. The van der Waals surface area contributed by atoms with Crippen molar-refractivity contribution in [1.29, 1.82) is 0 Å². The van der Waals surface area contributed by atoms with Crippen LogP contribution in [0.5, 0.6) is 0 Å². The van der Waals surface area contributed by atoms with E-state index in [4.69, 9.17) is 13.6 Å². The van der Waals surface area contributed by atoms with Crippen LogP contribution in [0.3, 0.4) is 0 Å².